The van der Waals surface area contributed by atoms with Crippen molar-refractivity contribution in [2.24, 2.45) is 0 Å². The number of aryl methyl sites for hydroxylation is 2. The fourth-order valence-corrected chi connectivity index (χ4v) is 3.14. The Morgan fingerprint density at radius 1 is 1.07 bits per heavy atom. The Morgan fingerprint density at radius 2 is 1.74 bits per heavy atom. The third-order valence-corrected chi connectivity index (χ3v) is 5.08. The number of anilines is 1. The fraction of sp³-hybridized carbons (Fsp3) is 0.286. The van der Waals surface area contributed by atoms with Gasteiger partial charge in [-0.05, 0) is 50.5 Å². The van der Waals surface area contributed by atoms with Crippen molar-refractivity contribution in [1.82, 2.24) is 10.2 Å². The number of hydrogen-bond donors (Lipinski definition) is 2. The first-order valence-electron chi connectivity index (χ1n) is 8.79. The van der Waals surface area contributed by atoms with Crippen molar-refractivity contribution in [3.8, 4) is 0 Å². The predicted octanol–water partition coefficient (Wildman–Crippen LogP) is 3.02. The molecule has 1 atom stereocenters. The van der Waals surface area contributed by atoms with Crippen LogP contribution < -0.4 is 10.6 Å². The van der Waals surface area contributed by atoms with Crippen molar-refractivity contribution in [3.05, 3.63) is 64.7 Å². The van der Waals surface area contributed by atoms with Gasteiger partial charge in [0.1, 0.15) is 12.1 Å². The first kappa shape index (κ1) is 18.6. The predicted molar refractivity (Wildman–Crippen MR) is 103 cm³/mol. The van der Waals surface area contributed by atoms with Crippen molar-refractivity contribution < 1.29 is 14.4 Å². The second-order valence-corrected chi connectivity index (χ2v) is 7.11. The highest BCUT2D eigenvalue weighted by molar-refractivity contribution is 6.10. The van der Waals surface area contributed by atoms with Gasteiger partial charge in [-0.1, -0.05) is 42.0 Å². The van der Waals surface area contributed by atoms with Crippen LogP contribution in [0.1, 0.15) is 29.2 Å². The number of nitrogens with zero attached hydrogens (tertiary/aromatic N) is 1. The van der Waals surface area contributed by atoms with E-state index < -0.39 is 23.4 Å². The summed E-state index contributed by atoms with van der Waals surface area (Å²) >= 11 is 0. The molecule has 2 aromatic rings. The Kier molecular flexibility index (Phi) is 4.74. The van der Waals surface area contributed by atoms with Crippen LogP contribution in [0.5, 0.6) is 0 Å². The molecule has 6 nitrogen and oxygen atoms in total. The fourth-order valence-electron chi connectivity index (χ4n) is 3.14. The van der Waals surface area contributed by atoms with Gasteiger partial charge in [0.2, 0.25) is 5.91 Å². The maximum atomic E-state index is 12.9. The summed E-state index contributed by atoms with van der Waals surface area (Å²) in [5, 5.41) is 5.49. The maximum Gasteiger partial charge on any atom is 0.325 e. The Balaban J connectivity index is 1.76. The molecule has 2 N–H and O–H groups in total. The number of benzene rings is 2. The molecule has 1 fully saturated rings. The van der Waals surface area contributed by atoms with E-state index in [1.807, 2.05) is 57.2 Å². The van der Waals surface area contributed by atoms with E-state index in [4.69, 9.17) is 0 Å². The van der Waals surface area contributed by atoms with Gasteiger partial charge in [-0.25, -0.2) is 4.79 Å². The van der Waals surface area contributed by atoms with Crippen molar-refractivity contribution in [2.75, 3.05) is 11.9 Å². The first-order valence-corrected chi connectivity index (χ1v) is 8.79. The summed E-state index contributed by atoms with van der Waals surface area (Å²) in [7, 11) is 0. The zero-order valence-corrected chi connectivity index (χ0v) is 15.9. The molecule has 0 unspecified atom stereocenters. The van der Waals surface area contributed by atoms with Gasteiger partial charge in [-0.3, -0.25) is 14.5 Å². The van der Waals surface area contributed by atoms with E-state index in [0.717, 1.165) is 21.6 Å². The summed E-state index contributed by atoms with van der Waals surface area (Å²) in [6, 6.07) is 12.4. The number of rotatable bonds is 4. The third kappa shape index (κ3) is 3.43. The van der Waals surface area contributed by atoms with Crippen molar-refractivity contribution >= 4 is 23.5 Å². The molecule has 4 amide bonds. The molecule has 1 saturated heterocycles. The van der Waals surface area contributed by atoms with E-state index in [2.05, 4.69) is 10.6 Å². The van der Waals surface area contributed by atoms with Gasteiger partial charge in [0.05, 0.1) is 0 Å². The van der Waals surface area contributed by atoms with Gasteiger partial charge in [0, 0.05) is 5.69 Å². The number of imide groups is 1. The zero-order chi connectivity index (χ0) is 19.8. The second kappa shape index (κ2) is 6.87. The van der Waals surface area contributed by atoms with E-state index >= 15 is 0 Å². The van der Waals surface area contributed by atoms with Crippen LogP contribution in [0.2, 0.25) is 0 Å². The topological polar surface area (TPSA) is 78.5 Å². The second-order valence-electron chi connectivity index (χ2n) is 7.11. The van der Waals surface area contributed by atoms with Crippen LogP contribution in [0.15, 0.2) is 42.5 Å². The van der Waals surface area contributed by atoms with E-state index in [1.165, 1.54) is 0 Å². The standard InChI is InChI=1S/C21H23N3O3/c1-13-8-10-16(11-9-13)21(4)19(26)24(20(27)23-21)12-18(25)22-17-7-5-6-14(2)15(17)3/h5-11H,12H2,1-4H3,(H,22,25)(H,23,27)/t21-/m0/s1. The minimum atomic E-state index is -1.18. The van der Waals surface area contributed by atoms with E-state index in [0.29, 0.717) is 11.3 Å². The van der Waals surface area contributed by atoms with Gasteiger partial charge in [-0.15, -0.1) is 0 Å². The minimum Gasteiger partial charge on any atom is -0.324 e. The summed E-state index contributed by atoms with van der Waals surface area (Å²) in [4.78, 5) is 38.6. The molecule has 0 aromatic heterocycles. The molecule has 140 valence electrons. The third-order valence-electron chi connectivity index (χ3n) is 5.08. The number of hydrogen-bond acceptors (Lipinski definition) is 3. The highest BCUT2D eigenvalue weighted by atomic mass is 16.2. The van der Waals surface area contributed by atoms with Crippen LogP contribution in [-0.2, 0) is 15.1 Å². The highest BCUT2D eigenvalue weighted by Crippen LogP contribution is 2.29. The van der Waals surface area contributed by atoms with Crippen LogP contribution in [0.4, 0.5) is 10.5 Å². The van der Waals surface area contributed by atoms with Crippen molar-refractivity contribution in [2.45, 2.75) is 33.2 Å². The minimum absolute atomic E-state index is 0.334. The maximum absolute atomic E-state index is 12.9. The zero-order valence-electron chi connectivity index (χ0n) is 15.9. The molecule has 2 aromatic carbocycles. The normalized spacial score (nSPS) is 19.2. The van der Waals surface area contributed by atoms with Crippen LogP contribution in [0, 0.1) is 20.8 Å². The first-order chi connectivity index (χ1) is 12.7. The average Bonchev–Trinajstić information content (AvgIpc) is 2.83. The SMILES string of the molecule is Cc1ccc([C@]2(C)NC(=O)N(CC(=O)Nc3cccc(C)c3C)C2=O)cc1. The molecular formula is C21H23N3O3. The van der Waals surface area contributed by atoms with Gasteiger partial charge in [0.25, 0.3) is 5.91 Å². The van der Waals surface area contributed by atoms with E-state index in [1.54, 1.807) is 13.0 Å². The lowest BCUT2D eigenvalue weighted by Crippen LogP contribution is -2.42. The molecule has 0 spiro atoms. The lowest BCUT2D eigenvalue weighted by atomic mass is 9.91. The number of amides is 4. The van der Waals surface area contributed by atoms with Crippen molar-refractivity contribution in [3.63, 3.8) is 0 Å². The van der Waals surface area contributed by atoms with Crippen molar-refractivity contribution in [1.29, 1.82) is 0 Å². The molecule has 0 saturated carbocycles. The average molecular weight is 365 g/mol. The summed E-state index contributed by atoms with van der Waals surface area (Å²) in [6.07, 6.45) is 0. The summed E-state index contributed by atoms with van der Waals surface area (Å²) in [5.74, 6) is -0.854. The van der Waals surface area contributed by atoms with Crippen LogP contribution in [0.3, 0.4) is 0 Å². The van der Waals surface area contributed by atoms with E-state index in [-0.39, 0.29) is 6.54 Å². The smallest absolute Gasteiger partial charge is 0.324 e. The Hall–Kier alpha value is -3.15. The number of carbonyl (C=O) groups is 3. The number of urea groups is 1. The molecule has 1 aliphatic rings. The molecule has 0 radical (unpaired) electrons. The molecule has 1 heterocycles. The van der Waals surface area contributed by atoms with Crippen LogP contribution in [-0.4, -0.2) is 29.3 Å². The van der Waals surface area contributed by atoms with Crippen LogP contribution in [0.25, 0.3) is 0 Å². The lowest BCUT2D eigenvalue weighted by molar-refractivity contribution is -0.133. The van der Waals surface area contributed by atoms with Gasteiger partial charge >= 0.3 is 6.03 Å². The number of carbonyl (C=O) groups excluding carboxylic acids is 3. The Morgan fingerprint density at radius 3 is 2.41 bits per heavy atom. The molecule has 27 heavy (non-hydrogen) atoms. The highest BCUT2D eigenvalue weighted by Gasteiger charge is 2.49. The molecular weight excluding hydrogens is 342 g/mol. The number of nitrogens with one attached hydrogen (secondary N) is 2. The Labute approximate surface area is 158 Å². The lowest BCUT2D eigenvalue weighted by Gasteiger charge is -2.22. The quantitative estimate of drug-likeness (QED) is 0.818. The summed E-state index contributed by atoms with van der Waals surface area (Å²) in [5.41, 5.74) is 3.24. The molecule has 6 heteroatoms. The van der Waals surface area contributed by atoms with Crippen LogP contribution >= 0.6 is 0 Å². The Bertz CT molecular complexity index is 921. The van der Waals surface area contributed by atoms with E-state index in [9.17, 15) is 14.4 Å². The monoisotopic (exact) mass is 365 g/mol. The summed E-state index contributed by atoms with van der Waals surface area (Å²) in [6.45, 7) is 7.13. The van der Waals surface area contributed by atoms with Gasteiger partial charge in [0.15, 0.2) is 0 Å². The van der Waals surface area contributed by atoms with Gasteiger partial charge < -0.3 is 10.6 Å². The largest absolute Gasteiger partial charge is 0.325 e. The molecule has 3 rings (SSSR count). The van der Waals surface area contributed by atoms with Gasteiger partial charge in [-0.2, -0.15) is 0 Å². The molecule has 0 bridgehead atoms. The molecule has 1 aliphatic heterocycles. The molecule has 0 aliphatic carbocycles. The summed E-state index contributed by atoms with van der Waals surface area (Å²) < 4.78 is 0.